The van der Waals surface area contributed by atoms with Gasteiger partial charge in [0.05, 0.1) is 11.8 Å². The molecule has 2 unspecified atom stereocenters. The summed E-state index contributed by atoms with van der Waals surface area (Å²) in [6, 6.07) is 0. The molecule has 0 amide bonds. The van der Waals surface area contributed by atoms with E-state index in [-0.39, 0.29) is 5.92 Å². The molecule has 0 aliphatic carbocycles. The van der Waals surface area contributed by atoms with Crippen molar-refractivity contribution in [3.8, 4) is 0 Å². The fourth-order valence-corrected chi connectivity index (χ4v) is 1.70. The van der Waals surface area contributed by atoms with E-state index in [1.807, 2.05) is 0 Å². The van der Waals surface area contributed by atoms with Crippen LogP contribution >= 0.6 is 0 Å². The molecule has 0 aromatic heterocycles. The smallest absolute Gasteiger partial charge is 0.0986 e. The lowest BCUT2D eigenvalue weighted by Gasteiger charge is -2.24. The number of hydrogen-bond acceptors (Lipinski definition) is 4. The maximum atomic E-state index is 10.2. The third-order valence-corrected chi connectivity index (χ3v) is 2.50. The van der Waals surface area contributed by atoms with E-state index in [1.165, 1.54) is 12.4 Å². The average molecular weight is 225 g/mol. The van der Waals surface area contributed by atoms with Gasteiger partial charge in [0, 0.05) is 5.70 Å². The van der Waals surface area contributed by atoms with E-state index in [4.69, 9.17) is 11.1 Å². The molecule has 0 aliphatic rings. The highest BCUT2D eigenvalue weighted by Crippen LogP contribution is 2.20. The van der Waals surface area contributed by atoms with Crippen molar-refractivity contribution < 1.29 is 5.11 Å². The van der Waals surface area contributed by atoms with Gasteiger partial charge >= 0.3 is 0 Å². The van der Waals surface area contributed by atoms with E-state index >= 15 is 0 Å². The highest BCUT2D eigenvalue weighted by Gasteiger charge is 2.22. The maximum Gasteiger partial charge on any atom is 0.0986 e. The van der Waals surface area contributed by atoms with Crippen LogP contribution < -0.4 is 11.1 Å². The number of nitrogens with two attached hydrogens (primary N) is 1. The van der Waals surface area contributed by atoms with Gasteiger partial charge in [0.15, 0.2) is 0 Å². The molecule has 0 radical (unpaired) electrons. The fraction of sp³-hybridized carbons (Fsp3) is 0.583. The predicted octanol–water partition coefficient (Wildman–Crippen LogP) is 1.73. The topological polar surface area (TPSA) is 82.1 Å². The quantitative estimate of drug-likeness (QED) is 0.475. The molecule has 0 fully saturated rings. The minimum atomic E-state index is -0.662. The molecule has 0 spiro atoms. The first kappa shape index (κ1) is 14.7. The molecule has 0 saturated heterocycles. The fourth-order valence-electron chi connectivity index (χ4n) is 1.70. The Labute approximate surface area is 97.7 Å². The van der Waals surface area contributed by atoms with Crippen LogP contribution in [0.25, 0.3) is 0 Å². The van der Waals surface area contributed by atoms with E-state index in [9.17, 15) is 5.11 Å². The van der Waals surface area contributed by atoms with Crippen LogP contribution in [-0.4, -0.2) is 17.4 Å². The molecule has 4 nitrogen and oxygen atoms in total. The summed E-state index contributed by atoms with van der Waals surface area (Å²) in [7, 11) is 0. The third-order valence-electron chi connectivity index (χ3n) is 2.50. The number of allylic oxidation sites excluding steroid dienone is 1. The van der Waals surface area contributed by atoms with E-state index in [0.29, 0.717) is 17.8 Å². The summed E-state index contributed by atoms with van der Waals surface area (Å²) in [5, 5.41) is 20.2. The zero-order valence-corrected chi connectivity index (χ0v) is 10.2. The molecule has 5 N–H and O–H groups in total. The van der Waals surface area contributed by atoms with Crippen molar-refractivity contribution in [1.82, 2.24) is 5.32 Å². The van der Waals surface area contributed by atoms with E-state index in [2.05, 4.69) is 18.8 Å². The van der Waals surface area contributed by atoms with Crippen molar-refractivity contribution in [2.24, 2.45) is 11.7 Å². The van der Waals surface area contributed by atoms with Crippen molar-refractivity contribution >= 4 is 6.21 Å². The second-order valence-electron chi connectivity index (χ2n) is 3.88. The minimum absolute atomic E-state index is 0.0310. The molecule has 92 valence electrons. The van der Waals surface area contributed by atoms with Crippen molar-refractivity contribution in [3.63, 3.8) is 0 Å². The van der Waals surface area contributed by atoms with Gasteiger partial charge in [-0.3, -0.25) is 0 Å². The van der Waals surface area contributed by atoms with E-state index in [0.717, 1.165) is 12.8 Å². The molecule has 0 aromatic carbocycles. The molecule has 16 heavy (non-hydrogen) atoms. The Morgan fingerprint density at radius 3 is 2.62 bits per heavy atom. The van der Waals surface area contributed by atoms with Crippen LogP contribution in [0.5, 0.6) is 0 Å². The lowest BCUT2D eigenvalue weighted by atomic mass is 9.91. The highest BCUT2D eigenvalue weighted by molar-refractivity contribution is 5.53. The third kappa shape index (κ3) is 4.49. The zero-order chi connectivity index (χ0) is 12.6. The SMILES string of the molecule is C=CN/C(=C(/C)N)C(O)C(CC=N)CCC. The van der Waals surface area contributed by atoms with Crippen LogP contribution in [0.3, 0.4) is 0 Å². The molecular weight excluding hydrogens is 202 g/mol. The van der Waals surface area contributed by atoms with Gasteiger partial charge in [-0.25, -0.2) is 0 Å². The standard InChI is InChI=1S/C12H23N3O/c1-4-6-10(7-8-13)12(16)11(9(3)14)15-5-2/h5,8,10,12-13,15-16H,2,4,6-7,14H2,1,3H3/b11-9-,13-8?. The van der Waals surface area contributed by atoms with Crippen LogP contribution in [0.2, 0.25) is 0 Å². The lowest BCUT2D eigenvalue weighted by molar-refractivity contribution is 0.133. The minimum Gasteiger partial charge on any atom is -0.401 e. The first-order valence-electron chi connectivity index (χ1n) is 5.59. The Morgan fingerprint density at radius 1 is 1.62 bits per heavy atom. The Kier molecular flexibility index (Phi) is 7.29. The van der Waals surface area contributed by atoms with Gasteiger partial charge in [-0.2, -0.15) is 0 Å². The Bertz CT molecular complexity index is 257. The van der Waals surface area contributed by atoms with Gasteiger partial charge < -0.3 is 21.6 Å². The molecule has 0 bridgehead atoms. The van der Waals surface area contributed by atoms with Crippen LogP contribution in [0.15, 0.2) is 24.2 Å². The van der Waals surface area contributed by atoms with Crippen molar-refractivity contribution in [2.45, 2.75) is 39.2 Å². The Morgan fingerprint density at radius 2 is 2.25 bits per heavy atom. The highest BCUT2D eigenvalue weighted by atomic mass is 16.3. The van der Waals surface area contributed by atoms with Gasteiger partial charge in [-0.1, -0.05) is 19.9 Å². The van der Waals surface area contributed by atoms with Crippen molar-refractivity contribution in [1.29, 1.82) is 5.41 Å². The molecular formula is C12H23N3O. The second kappa shape index (κ2) is 7.93. The first-order chi connectivity index (χ1) is 7.58. The molecule has 0 saturated carbocycles. The number of rotatable bonds is 8. The molecule has 0 heterocycles. The predicted molar refractivity (Wildman–Crippen MR) is 68.0 cm³/mol. The number of aliphatic hydroxyl groups is 1. The zero-order valence-electron chi connectivity index (χ0n) is 10.2. The maximum absolute atomic E-state index is 10.2. The lowest BCUT2D eigenvalue weighted by Crippen LogP contribution is -2.31. The summed E-state index contributed by atoms with van der Waals surface area (Å²) in [5.41, 5.74) is 6.85. The van der Waals surface area contributed by atoms with Crippen LogP contribution in [0, 0.1) is 11.3 Å². The molecule has 0 aromatic rings. The van der Waals surface area contributed by atoms with Crippen molar-refractivity contribution in [3.05, 3.63) is 24.2 Å². The van der Waals surface area contributed by atoms with Crippen LogP contribution in [-0.2, 0) is 0 Å². The molecule has 0 aliphatic heterocycles. The Balaban J connectivity index is 4.78. The summed E-state index contributed by atoms with van der Waals surface area (Å²) in [5.74, 6) is 0.0310. The summed E-state index contributed by atoms with van der Waals surface area (Å²) >= 11 is 0. The number of hydrogen-bond donors (Lipinski definition) is 4. The normalized spacial score (nSPS) is 15.9. The van der Waals surface area contributed by atoms with Gasteiger partial charge in [-0.15, -0.1) is 0 Å². The summed E-state index contributed by atoms with van der Waals surface area (Å²) in [4.78, 5) is 0. The largest absolute Gasteiger partial charge is 0.401 e. The van der Waals surface area contributed by atoms with Gasteiger partial charge in [0.25, 0.3) is 0 Å². The van der Waals surface area contributed by atoms with E-state index < -0.39 is 6.10 Å². The van der Waals surface area contributed by atoms with Crippen LogP contribution in [0.1, 0.15) is 33.1 Å². The second-order valence-corrected chi connectivity index (χ2v) is 3.88. The molecule has 4 heteroatoms. The monoisotopic (exact) mass is 225 g/mol. The van der Waals surface area contributed by atoms with Gasteiger partial charge in [0.2, 0.25) is 0 Å². The van der Waals surface area contributed by atoms with Crippen molar-refractivity contribution in [2.75, 3.05) is 0 Å². The molecule has 2 atom stereocenters. The first-order valence-corrected chi connectivity index (χ1v) is 5.59. The summed E-state index contributed by atoms with van der Waals surface area (Å²) in [6.45, 7) is 7.36. The number of aliphatic hydroxyl groups excluding tert-OH is 1. The van der Waals surface area contributed by atoms with Gasteiger partial charge in [0.1, 0.15) is 0 Å². The molecule has 0 rings (SSSR count). The summed E-state index contributed by atoms with van der Waals surface area (Å²) < 4.78 is 0. The average Bonchev–Trinajstić information content (AvgIpc) is 2.24. The van der Waals surface area contributed by atoms with Crippen LogP contribution in [0.4, 0.5) is 0 Å². The van der Waals surface area contributed by atoms with E-state index in [1.54, 1.807) is 6.92 Å². The Hall–Kier alpha value is -1.29. The summed E-state index contributed by atoms with van der Waals surface area (Å²) in [6.07, 6.45) is 4.57. The van der Waals surface area contributed by atoms with Gasteiger partial charge in [-0.05, 0) is 38.1 Å². The number of nitrogens with one attached hydrogen (secondary N) is 2.